The Morgan fingerprint density at radius 1 is 0.947 bits per heavy atom. The Morgan fingerprint density at radius 3 is 2.24 bits per heavy atom. The average Bonchev–Trinajstić information content (AvgIpc) is 3.71. The number of aromatic amines is 3. The van der Waals surface area contributed by atoms with Gasteiger partial charge in [-0.25, -0.2) is 9.97 Å². The number of hydrogen-bond acceptors (Lipinski definition) is 6. The Morgan fingerprint density at radius 2 is 1.61 bits per heavy atom. The molecule has 0 unspecified atom stereocenters. The van der Waals surface area contributed by atoms with Gasteiger partial charge in [0.15, 0.2) is 10.6 Å². The molecule has 0 amide bonds. The van der Waals surface area contributed by atoms with Crippen LogP contribution in [0.5, 0.6) is 0 Å². The van der Waals surface area contributed by atoms with E-state index < -0.39 is 12.0 Å². The first-order valence-corrected chi connectivity index (χ1v) is 12.7. The van der Waals surface area contributed by atoms with Gasteiger partial charge in [-0.3, -0.25) is 14.8 Å². The summed E-state index contributed by atoms with van der Waals surface area (Å²) in [5, 5.41) is 17.5. The molecule has 0 aliphatic heterocycles. The highest BCUT2D eigenvalue weighted by Gasteiger charge is 2.26. The first-order valence-electron chi connectivity index (χ1n) is 12.3. The van der Waals surface area contributed by atoms with Crippen molar-refractivity contribution in [2.45, 2.75) is 38.5 Å². The molecule has 0 saturated carbocycles. The molecule has 2 aromatic carbocycles. The second kappa shape index (κ2) is 11.8. The van der Waals surface area contributed by atoms with Crippen LogP contribution in [-0.4, -0.2) is 56.7 Å². The van der Waals surface area contributed by atoms with E-state index in [4.69, 9.17) is 12.2 Å². The molecule has 194 valence electrons. The molecule has 0 radical (unpaired) electrons. The van der Waals surface area contributed by atoms with E-state index in [2.05, 4.69) is 54.4 Å². The topological polar surface area (TPSA) is 132 Å². The molecule has 10 nitrogen and oxygen atoms in total. The molecule has 0 spiro atoms. The maximum Gasteiger partial charge on any atom is 0.320 e. The van der Waals surface area contributed by atoms with Crippen LogP contribution < -0.4 is 0 Å². The van der Waals surface area contributed by atoms with Crippen LogP contribution in [0.15, 0.2) is 79.6 Å². The van der Waals surface area contributed by atoms with E-state index in [-0.39, 0.29) is 0 Å². The number of carboxylic acids is 1. The van der Waals surface area contributed by atoms with Crippen molar-refractivity contribution < 1.29 is 9.90 Å². The zero-order valence-corrected chi connectivity index (χ0v) is 21.4. The van der Waals surface area contributed by atoms with E-state index in [0.717, 1.165) is 33.9 Å². The fourth-order valence-corrected chi connectivity index (χ4v) is 4.80. The van der Waals surface area contributed by atoms with Crippen molar-refractivity contribution in [1.82, 2.24) is 39.6 Å². The molecule has 11 heteroatoms. The Labute approximate surface area is 224 Å². The Hall–Kier alpha value is -4.35. The minimum Gasteiger partial charge on any atom is -0.480 e. The summed E-state index contributed by atoms with van der Waals surface area (Å²) in [6.07, 6.45) is 7.62. The molecule has 5 aromatic rings. The minimum absolute atomic E-state index is 0.415. The number of imidazole rings is 2. The van der Waals surface area contributed by atoms with E-state index >= 15 is 0 Å². The smallest absolute Gasteiger partial charge is 0.320 e. The molecule has 0 bridgehead atoms. The first kappa shape index (κ1) is 25.3. The summed E-state index contributed by atoms with van der Waals surface area (Å²) in [6, 6.07) is 17.6. The number of aromatic nitrogens is 7. The van der Waals surface area contributed by atoms with Crippen LogP contribution in [0.25, 0.3) is 22.5 Å². The summed E-state index contributed by atoms with van der Waals surface area (Å²) in [6.45, 7) is 1.36. The molecule has 0 fully saturated rings. The lowest BCUT2D eigenvalue weighted by molar-refractivity contribution is -0.144. The maximum absolute atomic E-state index is 12.4. The van der Waals surface area contributed by atoms with Crippen molar-refractivity contribution in [1.29, 1.82) is 0 Å². The highest BCUT2D eigenvalue weighted by molar-refractivity contribution is 7.71. The Balaban J connectivity index is 1.33. The molecule has 5 rings (SSSR count). The van der Waals surface area contributed by atoms with Gasteiger partial charge in [0.25, 0.3) is 0 Å². The SMILES string of the molecule is O=C(O)[C@H](CCCn1c(-c2cccc(-c3ccccc3)c2)n[nH]c1=S)N(Cc1cnc[nH]1)Cc1cnc[nH]1. The third kappa shape index (κ3) is 5.96. The maximum atomic E-state index is 12.4. The number of rotatable bonds is 12. The summed E-state index contributed by atoms with van der Waals surface area (Å²) in [5.41, 5.74) is 4.83. The lowest BCUT2D eigenvalue weighted by Gasteiger charge is -2.28. The summed E-state index contributed by atoms with van der Waals surface area (Å²) in [4.78, 5) is 28.6. The van der Waals surface area contributed by atoms with E-state index in [0.29, 0.717) is 37.2 Å². The van der Waals surface area contributed by atoms with Crippen molar-refractivity contribution in [2.24, 2.45) is 0 Å². The predicted octanol–water partition coefficient (Wildman–Crippen LogP) is 4.66. The fourth-order valence-electron chi connectivity index (χ4n) is 4.58. The molecule has 0 aliphatic carbocycles. The molecule has 0 aliphatic rings. The minimum atomic E-state index is -0.879. The van der Waals surface area contributed by atoms with Gasteiger partial charge in [0.2, 0.25) is 0 Å². The van der Waals surface area contributed by atoms with Crippen LogP contribution in [0.2, 0.25) is 0 Å². The lowest BCUT2D eigenvalue weighted by atomic mass is 10.0. The molecule has 1 atom stereocenters. The van der Waals surface area contributed by atoms with Crippen LogP contribution in [0, 0.1) is 4.77 Å². The standard InChI is InChI=1S/C27H28N8O2S/c36-26(37)24(34(15-22-13-28-17-30-22)16-23-14-29-18-31-23)10-5-11-35-25(32-33-27(35)38)21-9-4-8-20(12-21)19-6-2-1-3-7-19/h1-4,6-9,12-14,17-18,24H,5,10-11,15-16H2,(H,28,30)(H,29,31)(H,33,38)(H,36,37)/t24-/m0/s1. The quantitative estimate of drug-likeness (QED) is 0.173. The normalized spacial score (nSPS) is 12.1. The zero-order chi connectivity index (χ0) is 26.3. The van der Waals surface area contributed by atoms with Gasteiger partial charge in [-0.1, -0.05) is 48.5 Å². The van der Waals surface area contributed by atoms with Gasteiger partial charge in [-0.2, -0.15) is 5.10 Å². The van der Waals surface area contributed by atoms with Gasteiger partial charge in [0.05, 0.1) is 12.7 Å². The molecule has 0 saturated heterocycles. The molecular formula is C27H28N8O2S. The van der Waals surface area contributed by atoms with Gasteiger partial charge in [0, 0.05) is 49.0 Å². The zero-order valence-electron chi connectivity index (χ0n) is 20.6. The highest BCUT2D eigenvalue weighted by atomic mass is 32.1. The largest absolute Gasteiger partial charge is 0.480 e. The lowest BCUT2D eigenvalue weighted by Crippen LogP contribution is -2.40. The van der Waals surface area contributed by atoms with Gasteiger partial charge in [-0.15, -0.1) is 0 Å². The van der Waals surface area contributed by atoms with Crippen molar-refractivity contribution in [3.63, 3.8) is 0 Å². The van der Waals surface area contributed by atoms with E-state index in [1.165, 1.54) is 0 Å². The predicted molar refractivity (Wildman–Crippen MR) is 145 cm³/mol. The third-order valence-corrected chi connectivity index (χ3v) is 6.74. The number of aliphatic carboxylic acids is 1. The van der Waals surface area contributed by atoms with E-state index in [1.54, 1.807) is 25.0 Å². The Bertz CT molecular complexity index is 1470. The number of nitrogens with one attached hydrogen (secondary N) is 3. The number of carbonyl (C=O) groups is 1. The number of carboxylic acid groups (broad SMARTS) is 1. The molecule has 4 N–H and O–H groups in total. The van der Waals surface area contributed by atoms with Crippen LogP contribution in [0.4, 0.5) is 0 Å². The van der Waals surface area contributed by atoms with E-state index in [1.807, 2.05) is 39.8 Å². The van der Waals surface area contributed by atoms with Crippen molar-refractivity contribution in [3.8, 4) is 22.5 Å². The third-order valence-electron chi connectivity index (χ3n) is 6.43. The molecule has 3 heterocycles. The molecular weight excluding hydrogens is 500 g/mol. The number of hydrogen-bond donors (Lipinski definition) is 4. The van der Waals surface area contributed by atoms with E-state index in [9.17, 15) is 9.90 Å². The molecule has 3 aromatic heterocycles. The van der Waals surface area contributed by atoms with Gasteiger partial charge in [0.1, 0.15) is 6.04 Å². The number of benzene rings is 2. The Kier molecular flexibility index (Phi) is 7.86. The van der Waals surface area contributed by atoms with Crippen molar-refractivity contribution in [2.75, 3.05) is 0 Å². The van der Waals surface area contributed by atoms with Gasteiger partial charge < -0.3 is 19.6 Å². The van der Waals surface area contributed by atoms with Gasteiger partial charge >= 0.3 is 5.97 Å². The monoisotopic (exact) mass is 528 g/mol. The number of H-pyrrole nitrogens is 3. The number of nitrogens with zero attached hydrogens (tertiary/aromatic N) is 5. The second-order valence-corrected chi connectivity index (χ2v) is 9.39. The summed E-state index contributed by atoms with van der Waals surface area (Å²) in [5.74, 6) is -0.151. The van der Waals surface area contributed by atoms with Crippen LogP contribution in [-0.2, 0) is 24.4 Å². The van der Waals surface area contributed by atoms with Crippen LogP contribution in [0.3, 0.4) is 0 Å². The van der Waals surface area contributed by atoms with Gasteiger partial charge in [-0.05, 0) is 42.3 Å². The highest BCUT2D eigenvalue weighted by Crippen LogP contribution is 2.26. The summed E-state index contributed by atoms with van der Waals surface area (Å²) < 4.78 is 2.44. The summed E-state index contributed by atoms with van der Waals surface area (Å²) in [7, 11) is 0. The van der Waals surface area contributed by atoms with Crippen LogP contribution in [0.1, 0.15) is 24.2 Å². The average molecular weight is 529 g/mol. The van der Waals surface area contributed by atoms with Crippen molar-refractivity contribution >= 4 is 18.2 Å². The van der Waals surface area contributed by atoms with Crippen molar-refractivity contribution in [3.05, 3.63) is 95.8 Å². The molecule has 38 heavy (non-hydrogen) atoms. The second-order valence-electron chi connectivity index (χ2n) is 9.01. The first-order chi connectivity index (χ1) is 18.6. The van der Waals surface area contributed by atoms with Crippen LogP contribution >= 0.6 is 12.2 Å². The fraction of sp³-hybridized carbons (Fsp3) is 0.222. The summed E-state index contributed by atoms with van der Waals surface area (Å²) >= 11 is 5.53.